The first-order valence-corrected chi connectivity index (χ1v) is 7.93. The fourth-order valence-electron chi connectivity index (χ4n) is 2.34. The Balaban J connectivity index is 2.27. The molecule has 0 amide bonds. The third-order valence-electron chi connectivity index (χ3n) is 3.35. The first kappa shape index (κ1) is 14.3. The maximum absolute atomic E-state index is 12.0. The lowest BCUT2D eigenvalue weighted by atomic mass is 10.1. The van der Waals surface area contributed by atoms with Gasteiger partial charge in [-0.15, -0.1) is 0 Å². The van der Waals surface area contributed by atoms with E-state index in [4.69, 9.17) is 9.47 Å². The SMILES string of the molecule is COc1ccc(C2CS(=O)CC(C)CN2)c(OC)c1. The lowest BCUT2D eigenvalue weighted by Crippen LogP contribution is -2.26. The molecule has 0 aliphatic carbocycles. The van der Waals surface area contributed by atoms with Gasteiger partial charge < -0.3 is 14.8 Å². The van der Waals surface area contributed by atoms with Crippen LogP contribution in [-0.4, -0.2) is 36.5 Å². The van der Waals surface area contributed by atoms with E-state index in [0.717, 1.165) is 29.4 Å². The van der Waals surface area contributed by atoms with Crippen molar-refractivity contribution in [3.63, 3.8) is 0 Å². The molecule has 0 spiro atoms. The minimum atomic E-state index is -0.785. The monoisotopic (exact) mass is 283 g/mol. The Labute approximate surface area is 116 Å². The Kier molecular flexibility index (Phi) is 4.82. The zero-order valence-electron chi connectivity index (χ0n) is 11.6. The van der Waals surface area contributed by atoms with Gasteiger partial charge in [-0.05, 0) is 18.5 Å². The van der Waals surface area contributed by atoms with Crippen LogP contribution in [0.2, 0.25) is 0 Å². The number of nitrogens with one attached hydrogen (secondary N) is 1. The first-order valence-electron chi connectivity index (χ1n) is 6.44. The van der Waals surface area contributed by atoms with E-state index >= 15 is 0 Å². The van der Waals surface area contributed by atoms with Crippen LogP contribution >= 0.6 is 0 Å². The van der Waals surface area contributed by atoms with Gasteiger partial charge in [0.05, 0.1) is 14.2 Å². The van der Waals surface area contributed by atoms with Crippen LogP contribution in [0.4, 0.5) is 0 Å². The highest BCUT2D eigenvalue weighted by molar-refractivity contribution is 7.85. The highest BCUT2D eigenvalue weighted by atomic mass is 32.2. The molecule has 0 saturated carbocycles. The highest BCUT2D eigenvalue weighted by Gasteiger charge is 2.24. The van der Waals surface area contributed by atoms with Crippen molar-refractivity contribution < 1.29 is 13.7 Å². The van der Waals surface area contributed by atoms with Crippen molar-refractivity contribution in [1.82, 2.24) is 5.32 Å². The quantitative estimate of drug-likeness (QED) is 0.918. The van der Waals surface area contributed by atoms with E-state index in [2.05, 4.69) is 12.2 Å². The Morgan fingerprint density at radius 1 is 1.26 bits per heavy atom. The van der Waals surface area contributed by atoms with Gasteiger partial charge in [0.25, 0.3) is 0 Å². The summed E-state index contributed by atoms with van der Waals surface area (Å²) in [6, 6.07) is 5.85. The van der Waals surface area contributed by atoms with Gasteiger partial charge in [-0.1, -0.05) is 13.0 Å². The molecule has 0 aromatic heterocycles. The number of hydrogen-bond acceptors (Lipinski definition) is 4. The minimum absolute atomic E-state index is 0.0756. The molecule has 3 atom stereocenters. The summed E-state index contributed by atoms with van der Waals surface area (Å²) in [6.45, 7) is 3.00. The van der Waals surface area contributed by atoms with Gasteiger partial charge in [-0.2, -0.15) is 0 Å². The van der Waals surface area contributed by atoms with E-state index in [1.165, 1.54) is 0 Å². The standard InChI is InChI=1S/C14H21NO3S/c1-10-7-15-13(9-19(16)8-10)12-5-4-11(17-2)6-14(12)18-3/h4-6,10,13,15H,7-9H2,1-3H3. The van der Waals surface area contributed by atoms with E-state index in [-0.39, 0.29) is 6.04 Å². The molecule has 1 aromatic rings. The number of rotatable bonds is 3. The second-order valence-electron chi connectivity index (χ2n) is 4.95. The van der Waals surface area contributed by atoms with Gasteiger partial charge in [-0.25, -0.2) is 0 Å². The van der Waals surface area contributed by atoms with Crippen LogP contribution in [0.15, 0.2) is 18.2 Å². The molecule has 1 heterocycles. The van der Waals surface area contributed by atoms with E-state index < -0.39 is 10.8 Å². The molecule has 4 nitrogen and oxygen atoms in total. The molecular formula is C14H21NO3S. The molecule has 0 bridgehead atoms. The van der Waals surface area contributed by atoms with Crippen LogP contribution in [0.5, 0.6) is 11.5 Å². The van der Waals surface area contributed by atoms with E-state index in [0.29, 0.717) is 11.7 Å². The highest BCUT2D eigenvalue weighted by Crippen LogP contribution is 2.31. The molecule has 5 heteroatoms. The van der Waals surface area contributed by atoms with Gasteiger partial charge in [-0.3, -0.25) is 4.21 Å². The molecule has 19 heavy (non-hydrogen) atoms. The van der Waals surface area contributed by atoms with Crippen LogP contribution in [0.3, 0.4) is 0 Å². The summed E-state index contributed by atoms with van der Waals surface area (Å²) in [6.07, 6.45) is 0. The summed E-state index contributed by atoms with van der Waals surface area (Å²) in [5, 5.41) is 3.48. The Morgan fingerprint density at radius 2 is 2.05 bits per heavy atom. The third kappa shape index (κ3) is 3.48. The van der Waals surface area contributed by atoms with Crippen molar-refractivity contribution in [2.75, 3.05) is 32.3 Å². The van der Waals surface area contributed by atoms with Crippen LogP contribution in [0, 0.1) is 5.92 Å². The second-order valence-corrected chi connectivity index (χ2v) is 6.49. The Morgan fingerprint density at radius 3 is 2.74 bits per heavy atom. The molecule has 1 aromatic carbocycles. The molecule has 3 unspecified atom stereocenters. The van der Waals surface area contributed by atoms with Crippen LogP contribution in [0.25, 0.3) is 0 Å². The van der Waals surface area contributed by atoms with Crippen molar-refractivity contribution in [2.24, 2.45) is 5.92 Å². The molecule has 1 aliphatic heterocycles. The molecular weight excluding hydrogens is 262 g/mol. The van der Waals surface area contributed by atoms with Crippen LogP contribution in [-0.2, 0) is 10.8 Å². The fraction of sp³-hybridized carbons (Fsp3) is 0.571. The van der Waals surface area contributed by atoms with Gasteiger partial charge in [0, 0.05) is 40.0 Å². The minimum Gasteiger partial charge on any atom is -0.497 e. The van der Waals surface area contributed by atoms with Crippen molar-refractivity contribution in [3.05, 3.63) is 23.8 Å². The van der Waals surface area contributed by atoms with E-state index in [1.54, 1.807) is 14.2 Å². The number of benzene rings is 1. The van der Waals surface area contributed by atoms with Crippen LogP contribution in [0.1, 0.15) is 18.5 Å². The van der Waals surface area contributed by atoms with Crippen molar-refractivity contribution in [2.45, 2.75) is 13.0 Å². The summed E-state index contributed by atoms with van der Waals surface area (Å²) in [7, 11) is 2.50. The largest absolute Gasteiger partial charge is 0.497 e. The maximum Gasteiger partial charge on any atom is 0.127 e. The second kappa shape index (κ2) is 6.39. The predicted octanol–water partition coefficient (Wildman–Crippen LogP) is 1.73. The number of hydrogen-bond donors (Lipinski definition) is 1. The van der Waals surface area contributed by atoms with Crippen LogP contribution < -0.4 is 14.8 Å². The smallest absolute Gasteiger partial charge is 0.127 e. The van der Waals surface area contributed by atoms with Gasteiger partial charge >= 0.3 is 0 Å². The molecule has 0 radical (unpaired) electrons. The van der Waals surface area contributed by atoms with Crippen molar-refractivity contribution in [3.8, 4) is 11.5 Å². The van der Waals surface area contributed by atoms with Gasteiger partial charge in [0.15, 0.2) is 0 Å². The van der Waals surface area contributed by atoms with Gasteiger partial charge in [0.1, 0.15) is 11.5 Å². The first-order chi connectivity index (χ1) is 9.13. The predicted molar refractivity (Wildman–Crippen MR) is 77.3 cm³/mol. The summed E-state index contributed by atoms with van der Waals surface area (Å²) in [4.78, 5) is 0. The third-order valence-corrected chi connectivity index (χ3v) is 5.00. The van der Waals surface area contributed by atoms with Crippen molar-refractivity contribution >= 4 is 10.8 Å². The summed E-state index contributed by atoms with van der Waals surface area (Å²) < 4.78 is 22.6. The topological polar surface area (TPSA) is 47.6 Å². The fourth-order valence-corrected chi connectivity index (χ4v) is 3.90. The zero-order chi connectivity index (χ0) is 13.8. The molecule has 2 rings (SSSR count). The maximum atomic E-state index is 12.0. The number of ether oxygens (including phenoxy) is 2. The summed E-state index contributed by atoms with van der Waals surface area (Å²) in [5.74, 6) is 3.39. The zero-order valence-corrected chi connectivity index (χ0v) is 12.5. The average Bonchev–Trinajstić information content (AvgIpc) is 2.58. The molecule has 1 aliphatic rings. The van der Waals surface area contributed by atoms with E-state index in [9.17, 15) is 4.21 Å². The lowest BCUT2D eigenvalue weighted by Gasteiger charge is -2.19. The molecule has 1 saturated heterocycles. The Hall–Kier alpha value is -1.07. The van der Waals surface area contributed by atoms with E-state index in [1.807, 2.05) is 18.2 Å². The summed E-state index contributed by atoms with van der Waals surface area (Å²) in [5.41, 5.74) is 1.05. The van der Waals surface area contributed by atoms with Crippen molar-refractivity contribution in [1.29, 1.82) is 0 Å². The summed E-state index contributed by atoms with van der Waals surface area (Å²) >= 11 is 0. The lowest BCUT2D eigenvalue weighted by molar-refractivity contribution is 0.385. The Bertz CT molecular complexity index is 464. The molecule has 1 N–H and O–H groups in total. The average molecular weight is 283 g/mol. The molecule has 1 fully saturated rings. The van der Waals surface area contributed by atoms with Gasteiger partial charge in [0.2, 0.25) is 0 Å². The normalized spacial score (nSPS) is 27.6. The number of methoxy groups -OCH3 is 2. The molecule has 106 valence electrons.